The molecule has 0 N–H and O–H groups in total. The number of rotatable bonds is 13. The molecule has 0 aromatic heterocycles. The molecule has 2 unspecified atom stereocenters. The summed E-state index contributed by atoms with van der Waals surface area (Å²) >= 11 is 0. The highest BCUT2D eigenvalue weighted by molar-refractivity contribution is 5.69. The minimum atomic E-state index is -0.0250. The lowest BCUT2D eigenvalue weighted by Gasteiger charge is -2.12. The van der Waals surface area contributed by atoms with Crippen molar-refractivity contribution < 1.29 is 9.53 Å². The first kappa shape index (κ1) is 22.9. The van der Waals surface area contributed by atoms with Gasteiger partial charge in [0.1, 0.15) is 0 Å². The number of hydrogen-bond acceptors (Lipinski definition) is 2. The highest BCUT2D eigenvalue weighted by Crippen LogP contribution is 2.16. The lowest BCUT2D eigenvalue weighted by molar-refractivity contribution is -0.144. The van der Waals surface area contributed by atoms with Crippen LogP contribution in [-0.4, -0.2) is 12.6 Å². The van der Waals surface area contributed by atoms with Crippen molar-refractivity contribution in [2.45, 2.75) is 92.9 Å². The molecule has 0 radical (unpaired) electrons. The number of ether oxygens (including phenoxy) is 1. The van der Waals surface area contributed by atoms with Crippen LogP contribution in [0.25, 0.3) is 0 Å². The minimum Gasteiger partial charge on any atom is -0.466 e. The molecule has 0 amide bonds. The molecule has 0 spiro atoms. The van der Waals surface area contributed by atoms with Crippen LogP contribution < -0.4 is 0 Å². The molecule has 2 nitrogen and oxygen atoms in total. The van der Waals surface area contributed by atoms with E-state index in [0.717, 1.165) is 32.1 Å². The van der Waals surface area contributed by atoms with Crippen LogP contribution in [0.1, 0.15) is 92.9 Å². The van der Waals surface area contributed by atoms with E-state index < -0.39 is 0 Å². The SMILES string of the molecule is CC(C)=CCCC(C)CCCC(=O)OCCC(C)CCC=C(C)C. The zero-order valence-electron chi connectivity index (χ0n) is 17.0. The summed E-state index contributed by atoms with van der Waals surface area (Å²) < 4.78 is 5.37. The fourth-order valence-electron chi connectivity index (χ4n) is 2.64. The third-order valence-corrected chi connectivity index (χ3v) is 4.38. The summed E-state index contributed by atoms with van der Waals surface area (Å²) in [5.41, 5.74) is 2.77. The summed E-state index contributed by atoms with van der Waals surface area (Å²) in [6, 6.07) is 0. The zero-order valence-corrected chi connectivity index (χ0v) is 17.0. The molecule has 0 aliphatic rings. The van der Waals surface area contributed by atoms with Crippen molar-refractivity contribution >= 4 is 5.97 Å². The Hall–Kier alpha value is -1.05. The summed E-state index contributed by atoms with van der Waals surface area (Å²) in [5, 5.41) is 0. The topological polar surface area (TPSA) is 26.3 Å². The van der Waals surface area contributed by atoms with Crippen LogP contribution in [0, 0.1) is 11.8 Å². The Morgan fingerprint density at radius 3 is 1.83 bits per heavy atom. The Kier molecular flexibility index (Phi) is 13.7. The van der Waals surface area contributed by atoms with Crippen LogP contribution in [-0.2, 0) is 9.53 Å². The van der Waals surface area contributed by atoms with Gasteiger partial charge in [-0.3, -0.25) is 4.79 Å². The standard InChI is InChI=1S/C22H40O2/c1-18(2)10-7-12-20(5)14-9-15-22(23)24-17-16-21(6)13-8-11-19(3)4/h10-11,20-21H,7-9,12-17H2,1-6H3. The third kappa shape index (κ3) is 15.8. The molecule has 0 fully saturated rings. The van der Waals surface area contributed by atoms with Crippen molar-refractivity contribution in [2.24, 2.45) is 11.8 Å². The highest BCUT2D eigenvalue weighted by Gasteiger charge is 2.07. The number of hydrogen-bond donors (Lipinski definition) is 0. The maximum atomic E-state index is 11.8. The average molecular weight is 337 g/mol. The molecule has 140 valence electrons. The Labute approximate surface area is 150 Å². The molecule has 0 aromatic carbocycles. The fraction of sp³-hybridized carbons (Fsp3) is 0.773. The highest BCUT2D eigenvalue weighted by atomic mass is 16.5. The van der Waals surface area contributed by atoms with Gasteiger partial charge in [-0.05, 0) is 78.1 Å². The molecule has 2 atom stereocenters. The maximum Gasteiger partial charge on any atom is 0.305 e. The molecule has 0 rings (SSSR count). The van der Waals surface area contributed by atoms with Gasteiger partial charge in [-0.25, -0.2) is 0 Å². The van der Waals surface area contributed by atoms with Crippen LogP contribution in [0.15, 0.2) is 23.3 Å². The van der Waals surface area contributed by atoms with E-state index in [2.05, 4.69) is 53.7 Å². The summed E-state index contributed by atoms with van der Waals surface area (Å²) in [4.78, 5) is 11.8. The van der Waals surface area contributed by atoms with Gasteiger partial charge in [-0.2, -0.15) is 0 Å². The van der Waals surface area contributed by atoms with Gasteiger partial charge < -0.3 is 4.74 Å². The van der Waals surface area contributed by atoms with E-state index in [4.69, 9.17) is 4.74 Å². The lowest BCUT2D eigenvalue weighted by atomic mass is 9.98. The van der Waals surface area contributed by atoms with Crippen LogP contribution >= 0.6 is 0 Å². The van der Waals surface area contributed by atoms with Gasteiger partial charge in [0.05, 0.1) is 6.61 Å². The molecule has 2 heteroatoms. The van der Waals surface area contributed by atoms with Crippen LogP contribution in [0.5, 0.6) is 0 Å². The van der Waals surface area contributed by atoms with E-state index in [-0.39, 0.29) is 5.97 Å². The van der Waals surface area contributed by atoms with Crippen molar-refractivity contribution in [1.29, 1.82) is 0 Å². The van der Waals surface area contributed by atoms with Crippen LogP contribution in [0.2, 0.25) is 0 Å². The van der Waals surface area contributed by atoms with Crippen molar-refractivity contribution in [2.75, 3.05) is 6.61 Å². The van der Waals surface area contributed by atoms with E-state index >= 15 is 0 Å². The summed E-state index contributed by atoms with van der Waals surface area (Å²) in [7, 11) is 0. The van der Waals surface area contributed by atoms with E-state index in [1.54, 1.807) is 0 Å². The third-order valence-electron chi connectivity index (χ3n) is 4.38. The van der Waals surface area contributed by atoms with E-state index in [1.807, 2.05) is 0 Å². The molecule has 0 aromatic rings. The van der Waals surface area contributed by atoms with Gasteiger partial charge in [0.2, 0.25) is 0 Å². The van der Waals surface area contributed by atoms with Gasteiger partial charge in [0.15, 0.2) is 0 Å². The predicted molar refractivity (Wildman–Crippen MR) is 105 cm³/mol. The van der Waals surface area contributed by atoms with Gasteiger partial charge in [0.25, 0.3) is 0 Å². The van der Waals surface area contributed by atoms with Crippen LogP contribution in [0.4, 0.5) is 0 Å². The molecule has 0 bridgehead atoms. The second kappa shape index (κ2) is 14.3. The average Bonchev–Trinajstić information content (AvgIpc) is 2.46. The van der Waals surface area contributed by atoms with Crippen molar-refractivity contribution in [3.05, 3.63) is 23.3 Å². The van der Waals surface area contributed by atoms with Crippen molar-refractivity contribution in [1.82, 2.24) is 0 Å². The Balaban J connectivity index is 3.62. The molecule has 0 aliphatic heterocycles. The first-order chi connectivity index (χ1) is 11.3. The molecule has 0 heterocycles. The van der Waals surface area contributed by atoms with Gasteiger partial charge in [-0.15, -0.1) is 0 Å². The van der Waals surface area contributed by atoms with Crippen molar-refractivity contribution in [3.8, 4) is 0 Å². The molecule has 0 saturated heterocycles. The molecular formula is C22H40O2. The predicted octanol–water partition coefficient (Wildman–Crippen LogP) is 6.86. The van der Waals surface area contributed by atoms with E-state index in [1.165, 1.54) is 24.0 Å². The molecular weight excluding hydrogens is 296 g/mol. The van der Waals surface area contributed by atoms with Gasteiger partial charge >= 0.3 is 5.97 Å². The Morgan fingerprint density at radius 2 is 1.33 bits per heavy atom. The second-order valence-electron chi connectivity index (χ2n) is 7.83. The van der Waals surface area contributed by atoms with Gasteiger partial charge in [0, 0.05) is 6.42 Å². The summed E-state index contributed by atoms with van der Waals surface area (Å²) in [6.07, 6.45) is 12.8. The fourth-order valence-corrected chi connectivity index (χ4v) is 2.64. The minimum absolute atomic E-state index is 0.0250. The second-order valence-corrected chi connectivity index (χ2v) is 7.83. The quantitative estimate of drug-likeness (QED) is 0.271. The van der Waals surface area contributed by atoms with Gasteiger partial charge in [-0.1, -0.05) is 43.6 Å². The Bertz CT molecular complexity index is 349. The normalized spacial score (nSPS) is 13.1. The summed E-state index contributed by atoms with van der Waals surface area (Å²) in [6.45, 7) is 13.6. The van der Waals surface area contributed by atoms with Crippen LogP contribution in [0.3, 0.4) is 0 Å². The first-order valence-corrected chi connectivity index (χ1v) is 9.73. The molecule has 0 aliphatic carbocycles. The zero-order chi connectivity index (χ0) is 18.4. The summed E-state index contributed by atoms with van der Waals surface area (Å²) in [5.74, 6) is 1.27. The first-order valence-electron chi connectivity index (χ1n) is 9.73. The monoisotopic (exact) mass is 336 g/mol. The van der Waals surface area contributed by atoms with Crippen molar-refractivity contribution in [3.63, 3.8) is 0 Å². The largest absolute Gasteiger partial charge is 0.466 e. The van der Waals surface area contributed by atoms with E-state index in [0.29, 0.717) is 24.9 Å². The number of carbonyl (C=O) groups is 1. The molecule has 0 saturated carbocycles. The van der Waals surface area contributed by atoms with E-state index in [9.17, 15) is 4.79 Å². The molecule has 24 heavy (non-hydrogen) atoms. The lowest BCUT2D eigenvalue weighted by Crippen LogP contribution is -2.09. The number of carbonyl (C=O) groups excluding carboxylic acids is 1. The smallest absolute Gasteiger partial charge is 0.305 e. The number of esters is 1. The maximum absolute atomic E-state index is 11.8. The number of allylic oxidation sites excluding steroid dienone is 4. The Morgan fingerprint density at radius 1 is 0.833 bits per heavy atom.